The van der Waals surface area contributed by atoms with Gasteiger partial charge in [-0.3, -0.25) is 0 Å². The summed E-state index contributed by atoms with van der Waals surface area (Å²) in [5.41, 5.74) is 1.88. The number of hydrogen-bond donors (Lipinski definition) is 0. The number of para-hydroxylation sites is 1. The standard InChI is InChI=1S/C12H14Cl2N2/c1-7(2)16-11-9(14)5-4-6-10(11)15-12(16)8(3)13/h4-8H,1-3H3. The van der Waals surface area contributed by atoms with E-state index in [1.807, 2.05) is 25.1 Å². The van der Waals surface area contributed by atoms with Crippen LogP contribution in [0, 0.1) is 0 Å². The Hall–Kier alpha value is -0.730. The SMILES string of the molecule is CC(Cl)c1nc2cccc(Cl)c2n1C(C)C. The zero-order chi connectivity index (χ0) is 11.9. The Bertz CT molecular complexity index is 515. The molecular weight excluding hydrogens is 243 g/mol. The van der Waals surface area contributed by atoms with E-state index >= 15 is 0 Å². The fraction of sp³-hybridized carbons (Fsp3) is 0.417. The minimum absolute atomic E-state index is 0.120. The van der Waals surface area contributed by atoms with Crippen molar-refractivity contribution in [1.29, 1.82) is 0 Å². The first-order valence-electron chi connectivity index (χ1n) is 5.32. The molecule has 0 bridgehead atoms. The van der Waals surface area contributed by atoms with Crippen LogP contribution < -0.4 is 0 Å². The highest BCUT2D eigenvalue weighted by molar-refractivity contribution is 6.35. The average Bonchev–Trinajstić information content (AvgIpc) is 2.58. The van der Waals surface area contributed by atoms with E-state index in [9.17, 15) is 0 Å². The number of hydrogen-bond acceptors (Lipinski definition) is 1. The number of rotatable bonds is 2. The molecule has 2 aromatic rings. The third kappa shape index (κ3) is 1.80. The summed E-state index contributed by atoms with van der Waals surface area (Å²) >= 11 is 12.4. The second-order valence-electron chi connectivity index (χ2n) is 4.16. The van der Waals surface area contributed by atoms with Crippen LogP contribution in [-0.2, 0) is 0 Å². The maximum Gasteiger partial charge on any atom is 0.127 e. The van der Waals surface area contributed by atoms with E-state index in [0.717, 1.165) is 21.9 Å². The lowest BCUT2D eigenvalue weighted by Crippen LogP contribution is -2.06. The molecule has 0 aliphatic rings. The van der Waals surface area contributed by atoms with Gasteiger partial charge >= 0.3 is 0 Å². The Labute approximate surface area is 105 Å². The summed E-state index contributed by atoms with van der Waals surface area (Å²) in [5, 5.41) is 0.605. The molecule has 0 N–H and O–H groups in total. The summed E-state index contributed by atoms with van der Waals surface area (Å²) < 4.78 is 2.11. The van der Waals surface area contributed by atoms with Crippen molar-refractivity contribution in [3.8, 4) is 0 Å². The molecule has 0 fully saturated rings. The smallest absolute Gasteiger partial charge is 0.127 e. The van der Waals surface area contributed by atoms with Gasteiger partial charge < -0.3 is 4.57 Å². The quantitative estimate of drug-likeness (QED) is 0.720. The molecule has 0 radical (unpaired) electrons. The van der Waals surface area contributed by atoms with Crippen molar-refractivity contribution in [3.63, 3.8) is 0 Å². The summed E-state index contributed by atoms with van der Waals surface area (Å²) in [6.45, 7) is 6.13. The highest BCUT2D eigenvalue weighted by Gasteiger charge is 2.18. The zero-order valence-electron chi connectivity index (χ0n) is 9.54. The van der Waals surface area contributed by atoms with Crippen molar-refractivity contribution < 1.29 is 0 Å². The lowest BCUT2D eigenvalue weighted by atomic mass is 10.3. The highest BCUT2D eigenvalue weighted by atomic mass is 35.5. The van der Waals surface area contributed by atoms with Gasteiger partial charge in [-0.05, 0) is 32.9 Å². The fourth-order valence-corrected chi connectivity index (χ4v) is 2.34. The van der Waals surface area contributed by atoms with Gasteiger partial charge in [0.1, 0.15) is 5.82 Å². The van der Waals surface area contributed by atoms with E-state index in [-0.39, 0.29) is 5.38 Å². The van der Waals surface area contributed by atoms with Crippen molar-refractivity contribution in [2.75, 3.05) is 0 Å². The molecule has 86 valence electrons. The maximum atomic E-state index is 6.22. The van der Waals surface area contributed by atoms with E-state index in [1.165, 1.54) is 0 Å². The summed E-state index contributed by atoms with van der Waals surface area (Å²) in [6.07, 6.45) is 0. The molecule has 16 heavy (non-hydrogen) atoms. The molecule has 2 nitrogen and oxygen atoms in total. The van der Waals surface area contributed by atoms with Crippen LogP contribution in [0.3, 0.4) is 0 Å². The molecule has 2 rings (SSSR count). The molecule has 0 aliphatic heterocycles. The molecule has 1 aromatic carbocycles. The molecule has 0 spiro atoms. The summed E-state index contributed by atoms with van der Waals surface area (Å²) in [4.78, 5) is 4.54. The predicted molar refractivity (Wildman–Crippen MR) is 69.4 cm³/mol. The second-order valence-corrected chi connectivity index (χ2v) is 5.22. The van der Waals surface area contributed by atoms with Gasteiger partial charge in [0.15, 0.2) is 0 Å². The molecular formula is C12H14Cl2N2. The lowest BCUT2D eigenvalue weighted by molar-refractivity contribution is 0.584. The van der Waals surface area contributed by atoms with Crippen LogP contribution in [0.5, 0.6) is 0 Å². The van der Waals surface area contributed by atoms with Crippen LogP contribution in [0.1, 0.15) is 38.0 Å². The molecule has 4 heteroatoms. The average molecular weight is 257 g/mol. The van der Waals surface area contributed by atoms with E-state index in [1.54, 1.807) is 0 Å². The zero-order valence-corrected chi connectivity index (χ0v) is 11.0. The molecule has 1 aromatic heterocycles. The van der Waals surface area contributed by atoms with Crippen LogP contribution in [0.4, 0.5) is 0 Å². The number of halogens is 2. The molecule has 0 aliphatic carbocycles. The van der Waals surface area contributed by atoms with Crippen LogP contribution in [0.25, 0.3) is 11.0 Å². The van der Waals surface area contributed by atoms with Gasteiger partial charge in [0.05, 0.1) is 21.4 Å². The Balaban J connectivity index is 2.83. The topological polar surface area (TPSA) is 17.8 Å². The Morgan fingerprint density at radius 3 is 2.50 bits per heavy atom. The third-order valence-electron chi connectivity index (χ3n) is 2.56. The first kappa shape index (κ1) is 11.7. The monoisotopic (exact) mass is 256 g/mol. The number of benzene rings is 1. The van der Waals surface area contributed by atoms with E-state index in [4.69, 9.17) is 23.2 Å². The summed E-state index contributed by atoms with van der Waals surface area (Å²) in [6, 6.07) is 6.04. The maximum absolute atomic E-state index is 6.22. The number of alkyl halides is 1. The first-order valence-corrected chi connectivity index (χ1v) is 6.14. The molecule has 1 heterocycles. The van der Waals surface area contributed by atoms with E-state index in [0.29, 0.717) is 6.04 Å². The molecule has 1 unspecified atom stereocenters. The van der Waals surface area contributed by atoms with Gasteiger partial charge in [0.2, 0.25) is 0 Å². The molecule has 0 saturated carbocycles. The number of fused-ring (bicyclic) bond motifs is 1. The molecule has 0 saturated heterocycles. The molecule has 1 atom stereocenters. The van der Waals surface area contributed by atoms with Gasteiger partial charge in [0, 0.05) is 6.04 Å². The van der Waals surface area contributed by atoms with Crippen molar-refractivity contribution >= 4 is 34.2 Å². The summed E-state index contributed by atoms with van der Waals surface area (Å²) in [7, 11) is 0. The highest BCUT2D eigenvalue weighted by Crippen LogP contribution is 2.31. The van der Waals surface area contributed by atoms with Gasteiger partial charge in [0.25, 0.3) is 0 Å². The van der Waals surface area contributed by atoms with Crippen molar-refractivity contribution in [2.24, 2.45) is 0 Å². The van der Waals surface area contributed by atoms with E-state index < -0.39 is 0 Å². The number of nitrogens with zero attached hydrogens (tertiary/aromatic N) is 2. The predicted octanol–water partition coefficient (Wildman–Crippen LogP) is 4.57. The van der Waals surface area contributed by atoms with Gasteiger partial charge in [-0.15, -0.1) is 11.6 Å². The van der Waals surface area contributed by atoms with Crippen LogP contribution in [0.15, 0.2) is 18.2 Å². The number of aromatic nitrogens is 2. The van der Waals surface area contributed by atoms with E-state index in [2.05, 4.69) is 23.4 Å². The van der Waals surface area contributed by atoms with Gasteiger partial charge in [-0.2, -0.15) is 0 Å². The fourth-order valence-electron chi connectivity index (χ4n) is 1.93. The Morgan fingerprint density at radius 2 is 1.94 bits per heavy atom. The summed E-state index contributed by atoms with van der Waals surface area (Å²) in [5.74, 6) is 0.875. The van der Waals surface area contributed by atoms with Crippen LogP contribution >= 0.6 is 23.2 Å². The Morgan fingerprint density at radius 1 is 1.25 bits per heavy atom. The van der Waals surface area contributed by atoms with Gasteiger partial charge in [-0.1, -0.05) is 17.7 Å². The van der Waals surface area contributed by atoms with Crippen molar-refractivity contribution in [3.05, 3.63) is 29.0 Å². The van der Waals surface area contributed by atoms with Crippen molar-refractivity contribution in [2.45, 2.75) is 32.2 Å². The van der Waals surface area contributed by atoms with Gasteiger partial charge in [-0.25, -0.2) is 4.98 Å². The minimum Gasteiger partial charge on any atom is -0.323 e. The second kappa shape index (κ2) is 4.27. The third-order valence-corrected chi connectivity index (χ3v) is 3.06. The Kier molecular flexibility index (Phi) is 3.13. The minimum atomic E-state index is -0.120. The van der Waals surface area contributed by atoms with Crippen molar-refractivity contribution in [1.82, 2.24) is 9.55 Å². The normalized spacial score (nSPS) is 13.6. The van der Waals surface area contributed by atoms with Crippen LogP contribution in [0.2, 0.25) is 5.02 Å². The molecule has 0 amide bonds. The largest absolute Gasteiger partial charge is 0.323 e. The first-order chi connectivity index (χ1) is 7.52. The number of imidazole rings is 1. The lowest BCUT2D eigenvalue weighted by Gasteiger charge is -2.14. The van der Waals surface area contributed by atoms with Crippen LogP contribution in [-0.4, -0.2) is 9.55 Å².